The van der Waals surface area contributed by atoms with Crippen molar-refractivity contribution in [3.63, 3.8) is 0 Å². The number of benzene rings is 2. The summed E-state index contributed by atoms with van der Waals surface area (Å²) in [5, 5.41) is 2.86. The van der Waals surface area contributed by atoms with E-state index in [1.165, 1.54) is 16.2 Å². The summed E-state index contributed by atoms with van der Waals surface area (Å²) in [5.74, 6) is 0.645. The minimum atomic E-state index is -0.304. The van der Waals surface area contributed by atoms with Gasteiger partial charge in [-0.1, -0.05) is 18.2 Å². The van der Waals surface area contributed by atoms with Crippen molar-refractivity contribution in [1.29, 1.82) is 0 Å². The van der Waals surface area contributed by atoms with Crippen molar-refractivity contribution in [2.24, 2.45) is 7.05 Å². The first-order valence-corrected chi connectivity index (χ1v) is 8.44. The van der Waals surface area contributed by atoms with E-state index in [1.807, 2.05) is 36.4 Å². The zero-order valence-electron chi connectivity index (χ0n) is 14.4. The molecule has 1 aliphatic rings. The monoisotopic (exact) mass is 346 g/mol. The highest BCUT2D eigenvalue weighted by molar-refractivity contribution is 6.04. The summed E-state index contributed by atoms with van der Waals surface area (Å²) in [7, 11) is 1.65. The van der Waals surface area contributed by atoms with Gasteiger partial charge in [-0.25, -0.2) is 0 Å². The predicted molar refractivity (Wildman–Crippen MR) is 101 cm³/mol. The van der Waals surface area contributed by atoms with Crippen molar-refractivity contribution < 1.29 is 9.53 Å². The number of aromatic nitrogens is 1. The van der Waals surface area contributed by atoms with Crippen LogP contribution in [-0.4, -0.2) is 17.1 Å². The van der Waals surface area contributed by atoms with Crippen LogP contribution < -0.4 is 15.6 Å². The molecule has 0 unspecified atom stereocenters. The summed E-state index contributed by atoms with van der Waals surface area (Å²) in [6.07, 6.45) is 2.50. The van der Waals surface area contributed by atoms with Gasteiger partial charge >= 0.3 is 0 Å². The molecule has 1 N–H and O–H groups in total. The Morgan fingerprint density at radius 3 is 2.77 bits per heavy atom. The molecule has 2 heterocycles. The van der Waals surface area contributed by atoms with Crippen molar-refractivity contribution >= 4 is 11.6 Å². The smallest absolute Gasteiger partial charge is 0.255 e. The molecule has 0 spiro atoms. The SMILES string of the molecule is Cn1ccc(C(=O)Nc2cccc(-c3ccc4c(c3)CCO4)c2)cc1=O. The van der Waals surface area contributed by atoms with Crippen LogP contribution in [0.5, 0.6) is 5.75 Å². The van der Waals surface area contributed by atoms with E-state index in [0.717, 1.165) is 29.9 Å². The Hall–Kier alpha value is -3.34. The van der Waals surface area contributed by atoms with Gasteiger partial charge in [0.05, 0.1) is 6.61 Å². The fourth-order valence-electron chi connectivity index (χ4n) is 3.04. The number of pyridine rings is 1. The Balaban J connectivity index is 1.58. The van der Waals surface area contributed by atoms with Gasteiger partial charge in [0, 0.05) is 37.0 Å². The van der Waals surface area contributed by atoms with Crippen LogP contribution in [0, 0.1) is 0 Å². The van der Waals surface area contributed by atoms with Crippen molar-refractivity contribution in [3.8, 4) is 16.9 Å². The number of aryl methyl sites for hydroxylation is 1. The van der Waals surface area contributed by atoms with Crippen LogP contribution in [0.15, 0.2) is 65.6 Å². The molecule has 0 saturated carbocycles. The first-order chi connectivity index (χ1) is 12.6. The Labute approximate surface area is 150 Å². The predicted octanol–water partition coefficient (Wildman–Crippen LogP) is 3.24. The van der Waals surface area contributed by atoms with E-state index in [9.17, 15) is 9.59 Å². The molecule has 0 bridgehead atoms. The van der Waals surface area contributed by atoms with Gasteiger partial charge in [0.1, 0.15) is 5.75 Å². The molecule has 3 aromatic rings. The third-order valence-corrected chi connectivity index (χ3v) is 4.51. The summed E-state index contributed by atoms with van der Waals surface area (Å²) in [5.41, 5.74) is 4.11. The first-order valence-electron chi connectivity index (χ1n) is 8.44. The largest absolute Gasteiger partial charge is 0.493 e. The standard InChI is InChI=1S/C21H18N2O3/c1-23-9-7-17(13-20(23)24)21(25)22-18-4-2-3-14(12-18)15-5-6-19-16(11-15)8-10-26-19/h2-7,9,11-13H,8,10H2,1H3,(H,22,25). The molecule has 1 amide bonds. The molecule has 0 radical (unpaired) electrons. The second-order valence-corrected chi connectivity index (χ2v) is 6.32. The lowest BCUT2D eigenvalue weighted by Gasteiger charge is -2.09. The van der Waals surface area contributed by atoms with Gasteiger partial charge < -0.3 is 14.6 Å². The molecule has 5 nitrogen and oxygen atoms in total. The number of amides is 1. The van der Waals surface area contributed by atoms with Crippen molar-refractivity contribution in [2.45, 2.75) is 6.42 Å². The second-order valence-electron chi connectivity index (χ2n) is 6.32. The fourth-order valence-corrected chi connectivity index (χ4v) is 3.04. The third kappa shape index (κ3) is 3.11. The molecule has 0 aliphatic carbocycles. The molecule has 2 aromatic carbocycles. The Bertz CT molecular complexity index is 1050. The molecule has 0 saturated heterocycles. The highest BCUT2D eigenvalue weighted by Gasteiger charge is 2.13. The number of ether oxygens (including phenoxy) is 1. The lowest BCUT2D eigenvalue weighted by atomic mass is 10.0. The van der Waals surface area contributed by atoms with Gasteiger partial charge in [-0.05, 0) is 47.0 Å². The van der Waals surface area contributed by atoms with E-state index >= 15 is 0 Å². The lowest BCUT2D eigenvalue weighted by Crippen LogP contribution is -2.19. The minimum Gasteiger partial charge on any atom is -0.493 e. The lowest BCUT2D eigenvalue weighted by molar-refractivity contribution is 0.102. The highest BCUT2D eigenvalue weighted by atomic mass is 16.5. The van der Waals surface area contributed by atoms with Crippen LogP contribution in [0.4, 0.5) is 5.69 Å². The van der Waals surface area contributed by atoms with Crippen LogP contribution in [-0.2, 0) is 13.5 Å². The van der Waals surface area contributed by atoms with E-state index in [1.54, 1.807) is 19.3 Å². The molecule has 26 heavy (non-hydrogen) atoms. The zero-order valence-corrected chi connectivity index (χ0v) is 14.4. The van der Waals surface area contributed by atoms with Gasteiger partial charge in [0.2, 0.25) is 0 Å². The molecule has 4 rings (SSSR count). The fraction of sp³-hybridized carbons (Fsp3) is 0.143. The Morgan fingerprint density at radius 2 is 1.92 bits per heavy atom. The van der Waals surface area contributed by atoms with E-state index in [-0.39, 0.29) is 11.5 Å². The van der Waals surface area contributed by atoms with Crippen LogP contribution >= 0.6 is 0 Å². The number of fused-ring (bicyclic) bond motifs is 1. The van der Waals surface area contributed by atoms with Crippen LogP contribution in [0.25, 0.3) is 11.1 Å². The normalized spacial score (nSPS) is 12.3. The summed E-state index contributed by atoms with van der Waals surface area (Å²) in [6.45, 7) is 0.728. The molecular formula is C21H18N2O3. The van der Waals surface area contributed by atoms with E-state index in [2.05, 4.69) is 11.4 Å². The van der Waals surface area contributed by atoms with Crippen molar-refractivity contribution in [2.75, 3.05) is 11.9 Å². The zero-order chi connectivity index (χ0) is 18.1. The molecular weight excluding hydrogens is 328 g/mol. The minimum absolute atomic E-state index is 0.216. The van der Waals surface area contributed by atoms with Crippen LogP contribution in [0.1, 0.15) is 15.9 Å². The highest BCUT2D eigenvalue weighted by Crippen LogP contribution is 2.31. The number of rotatable bonds is 3. The summed E-state index contributed by atoms with van der Waals surface area (Å²) >= 11 is 0. The molecule has 0 fully saturated rings. The van der Waals surface area contributed by atoms with Gasteiger partial charge in [-0.15, -0.1) is 0 Å². The number of carbonyl (C=O) groups excluding carboxylic acids is 1. The quantitative estimate of drug-likeness (QED) is 0.792. The van der Waals surface area contributed by atoms with Gasteiger partial charge in [0.25, 0.3) is 11.5 Å². The van der Waals surface area contributed by atoms with Crippen LogP contribution in [0.2, 0.25) is 0 Å². The number of anilines is 1. The maximum atomic E-state index is 12.4. The van der Waals surface area contributed by atoms with Crippen molar-refractivity contribution in [1.82, 2.24) is 4.57 Å². The van der Waals surface area contributed by atoms with Gasteiger partial charge in [-0.2, -0.15) is 0 Å². The van der Waals surface area contributed by atoms with E-state index in [0.29, 0.717) is 11.3 Å². The molecule has 0 atom stereocenters. The third-order valence-electron chi connectivity index (χ3n) is 4.51. The average molecular weight is 346 g/mol. The Morgan fingerprint density at radius 1 is 1.08 bits per heavy atom. The first kappa shape index (κ1) is 16.1. The number of hydrogen-bond donors (Lipinski definition) is 1. The van der Waals surface area contributed by atoms with Gasteiger partial charge in [0.15, 0.2) is 0 Å². The number of nitrogens with zero attached hydrogens (tertiary/aromatic N) is 1. The molecule has 1 aromatic heterocycles. The maximum Gasteiger partial charge on any atom is 0.255 e. The Kier molecular flexibility index (Phi) is 4.05. The van der Waals surface area contributed by atoms with Gasteiger partial charge in [-0.3, -0.25) is 9.59 Å². The van der Waals surface area contributed by atoms with Crippen LogP contribution in [0.3, 0.4) is 0 Å². The van der Waals surface area contributed by atoms with E-state index in [4.69, 9.17) is 4.74 Å². The van der Waals surface area contributed by atoms with E-state index < -0.39 is 0 Å². The molecule has 5 heteroatoms. The maximum absolute atomic E-state index is 12.4. The van der Waals surface area contributed by atoms with Crippen molar-refractivity contribution in [3.05, 3.63) is 82.3 Å². The number of hydrogen-bond acceptors (Lipinski definition) is 3. The molecule has 1 aliphatic heterocycles. The number of carbonyl (C=O) groups is 1. The number of nitrogens with one attached hydrogen (secondary N) is 1. The summed E-state index contributed by atoms with van der Waals surface area (Å²) in [4.78, 5) is 24.1. The topological polar surface area (TPSA) is 60.3 Å². The summed E-state index contributed by atoms with van der Waals surface area (Å²) in [6, 6.07) is 16.8. The molecule has 130 valence electrons. The average Bonchev–Trinajstić information content (AvgIpc) is 3.12. The second kappa shape index (κ2) is 6.52. The summed E-state index contributed by atoms with van der Waals surface area (Å²) < 4.78 is 6.97.